The van der Waals surface area contributed by atoms with Crippen LogP contribution in [-0.2, 0) is 24.2 Å². The van der Waals surface area contributed by atoms with Crippen LogP contribution in [0.3, 0.4) is 0 Å². The van der Waals surface area contributed by atoms with E-state index in [4.69, 9.17) is 0 Å². The Labute approximate surface area is 109 Å². The lowest BCUT2D eigenvalue weighted by molar-refractivity contribution is -0.122. The van der Waals surface area contributed by atoms with Gasteiger partial charge < -0.3 is 5.32 Å². The van der Waals surface area contributed by atoms with Gasteiger partial charge in [0.2, 0.25) is 5.91 Å². The van der Waals surface area contributed by atoms with Gasteiger partial charge in [0.25, 0.3) is 0 Å². The first-order valence-electron chi connectivity index (χ1n) is 6.99. The van der Waals surface area contributed by atoms with E-state index in [1.54, 1.807) is 4.68 Å². The number of carbonyl (C=O) groups excluding carboxylic acids is 1. The summed E-state index contributed by atoms with van der Waals surface area (Å²) in [4.78, 5) is 11.7. The van der Waals surface area contributed by atoms with Gasteiger partial charge in [-0.1, -0.05) is 12.8 Å². The minimum absolute atomic E-state index is 0.0421. The van der Waals surface area contributed by atoms with Crippen LogP contribution in [0.4, 0.5) is 0 Å². The Morgan fingerprint density at radius 1 is 1.33 bits per heavy atom. The third kappa shape index (κ3) is 3.59. The second-order valence-electron chi connectivity index (χ2n) is 5.44. The number of aryl methyl sites for hydroxylation is 2. The summed E-state index contributed by atoms with van der Waals surface area (Å²) in [7, 11) is 0. The lowest BCUT2D eigenvalue weighted by Gasteiger charge is -2.07. The molecule has 1 heterocycles. The summed E-state index contributed by atoms with van der Waals surface area (Å²) < 4.78 is 1.80. The Kier molecular flexibility index (Phi) is 4.39. The highest BCUT2D eigenvalue weighted by Gasteiger charge is 2.13. The number of fused-ring (bicyclic) bond motifs is 1. The summed E-state index contributed by atoms with van der Waals surface area (Å²) in [6.07, 6.45) is 9.33. The zero-order valence-corrected chi connectivity index (χ0v) is 11.4. The molecule has 1 N–H and O–H groups in total. The van der Waals surface area contributed by atoms with Gasteiger partial charge in [-0.2, -0.15) is 5.10 Å². The number of rotatable bonds is 3. The van der Waals surface area contributed by atoms with Crippen LogP contribution in [0.5, 0.6) is 0 Å². The number of nitrogens with zero attached hydrogens (tertiary/aromatic N) is 2. The van der Waals surface area contributed by atoms with Crippen LogP contribution < -0.4 is 5.32 Å². The fourth-order valence-electron chi connectivity index (χ4n) is 2.48. The SMILES string of the molecule is CC(C)NC(=O)Cn1cc2c(n1)CCCCCC2. The number of nitrogens with one attached hydrogen (secondary N) is 1. The number of hydrogen-bond acceptors (Lipinski definition) is 2. The molecule has 1 aromatic rings. The number of carbonyl (C=O) groups is 1. The highest BCUT2D eigenvalue weighted by molar-refractivity contribution is 5.75. The molecule has 0 bridgehead atoms. The van der Waals surface area contributed by atoms with E-state index in [1.807, 2.05) is 13.8 Å². The first-order chi connectivity index (χ1) is 8.65. The smallest absolute Gasteiger partial charge is 0.241 e. The minimum atomic E-state index is 0.0421. The van der Waals surface area contributed by atoms with Gasteiger partial charge in [-0.3, -0.25) is 9.48 Å². The molecule has 0 radical (unpaired) electrons. The minimum Gasteiger partial charge on any atom is -0.352 e. The van der Waals surface area contributed by atoms with E-state index in [-0.39, 0.29) is 11.9 Å². The van der Waals surface area contributed by atoms with E-state index >= 15 is 0 Å². The average molecular weight is 249 g/mol. The zero-order chi connectivity index (χ0) is 13.0. The maximum Gasteiger partial charge on any atom is 0.241 e. The van der Waals surface area contributed by atoms with Gasteiger partial charge in [0.15, 0.2) is 0 Å². The quantitative estimate of drug-likeness (QED) is 0.891. The summed E-state index contributed by atoms with van der Waals surface area (Å²) in [6, 6.07) is 0.189. The first kappa shape index (κ1) is 13.1. The highest BCUT2D eigenvalue weighted by atomic mass is 16.2. The van der Waals surface area contributed by atoms with Crippen molar-refractivity contribution in [1.82, 2.24) is 15.1 Å². The molecular formula is C14H23N3O. The molecule has 0 fully saturated rings. The van der Waals surface area contributed by atoms with Gasteiger partial charge in [-0.25, -0.2) is 0 Å². The molecule has 0 aromatic carbocycles. The normalized spacial score (nSPS) is 15.9. The molecule has 0 saturated heterocycles. The van der Waals surface area contributed by atoms with Crippen molar-refractivity contribution in [3.63, 3.8) is 0 Å². The van der Waals surface area contributed by atoms with Crippen LogP contribution >= 0.6 is 0 Å². The molecule has 2 rings (SSSR count). The fourth-order valence-corrected chi connectivity index (χ4v) is 2.48. The summed E-state index contributed by atoms with van der Waals surface area (Å²) in [5.41, 5.74) is 2.54. The molecular weight excluding hydrogens is 226 g/mol. The third-order valence-corrected chi connectivity index (χ3v) is 3.29. The van der Waals surface area contributed by atoms with Crippen molar-refractivity contribution in [3.05, 3.63) is 17.5 Å². The van der Waals surface area contributed by atoms with Crippen molar-refractivity contribution in [2.45, 2.75) is 65.0 Å². The second-order valence-corrected chi connectivity index (χ2v) is 5.44. The van der Waals surface area contributed by atoms with Crippen molar-refractivity contribution in [3.8, 4) is 0 Å². The number of aromatic nitrogens is 2. The Balaban J connectivity index is 2.01. The summed E-state index contributed by atoms with van der Waals surface area (Å²) in [5, 5.41) is 7.45. The molecule has 100 valence electrons. The molecule has 0 saturated carbocycles. The van der Waals surface area contributed by atoms with Crippen LogP contribution in [0.15, 0.2) is 6.20 Å². The van der Waals surface area contributed by atoms with Gasteiger partial charge in [0.05, 0.1) is 5.69 Å². The molecule has 0 atom stereocenters. The van der Waals surface area contributed by atoms with Gasteiger partial charge in [-0.15, -0.1) is 0 Å². The molecule has 0 aliphatic heterocycles. The van der Waals surface area contributed by atoms with Crippen LogP contribution in [0, 0.1) is 0 Å². The van der Waals surface area contributed by atoms with E-state index < -0.39 is 0 Å². The Morgan fingerprint density at radius 3 is 2.78 bits per heavy atom. The van der Waals surface area contributed by atoms with Crippen LogP contribution in [0.1, 0.15) is 50.8 Å². The third-order valence-electron chi connectivity index (χ3n) is 3.29. The molecule has 0 unspecified atom stereocenters. The van der Waals surface area contributed by atoms with Crippen LogP contribution in [0.2, 0.25) is 0 Å². The lowest BCUT2D eigenvalue weighted by atomic mass is 9.99. The molecule has 1 aliphatic carbocycles. The summed E-state index contributed by atoms with van der Waals surface area (Å²) >= 11 is 0. The zero-order valence-electron chi connectivity index (χ0n) is 11.4. The van der Waals surface area contributed by atoms with E-state index in [0.717, 1.165) is 12.8 Å². The van der Waals surface area contributed by atoms with E-state index in [2.05, 4.69) is 16.6 Å². The van der Waals surface area contributed by atoms with Crippen molar-refractivity contribution in [2.75, 3.05) is 0 Å². The van der Waals surface area contributed by atoms with Gasteiger partial charge >= 0.3 is 0 Å². The maximum atomic E-state index is 11.7. The molecule has 4 nitrogen and oxygen atoms in total. The van der Waals surface area contributed by atoms with Crippen molar-refractivity contribution in [1.29, 1.82) is 0 Å². The fraction of sp³-hybridized carbons (Fsp3) is 0.714. The monoisotopic (exact) mass is 249 g/mol. The van der Waals surface area contributed by atoms with Gasteiger partial charge in [0.1, 0.15) is 6.54 Å². The predicted molar refractivity (Wildman–Crippen MR) is 71.4 cm³/mol. The topological polar surface area (TPSA) is 46.9 Å². The predicted octanol–water partition coefficient (Wildman–Crippen LogP) is 2.07. The molecule has 4 heteroatoms. The highest BCUT2D eigenvalue weighted by Crippen LogP contribution is 2.18. The van der Waals surface area contributed by atoms with Crippen molar-refractivity contribution < 1.29 is 4.79 Å². The van der Waals surface area contributed by atoms with E-state index in [1.165, 1.54) is 36.9 Å². The molecule has 1 aliphatic rings. The Morgan fingerprint density at radius 2 is 2.06 bits per heavy atom. The second kappa shape index (κ2) is 6.03. The Bertz CT molecular complexity index is 384. The van der Waals surface area contributed by atoms with E-state index in [0.29, 0.717) is 6.54 Å². The average Bonchev–Trinajstić information content (AvgIpc) is 2.58. The summed E-state index contributed by atoms with van der Waals surface area (Å²) in [6.45, 7) is 4.28. The van der Waals surface area contributed by atoms with Gasteiger partial charge in [-0.05, 0) is 45.1 Å². The molecule has 1 aromatic heterocycles. The number of hydrogen-bond donors (Lipinski definition) is 1. The van der Waals surface area contributed by atoms with Gasteiger partial charge in [0, 0.05) is 12.2 Å². The lowest BCUT2D eigenvalue weighted by Crippen LogP contribution is -2.33. The first-order valence-corrected chi connectivity index (χ1v) is 6.99. The molecule has 0 spiro atoms. The maximum absolute atomic E-state index is 11.7. The van der Waals surface area contributed by atoms with E-state index in [9.17, 15) is 4.79 Å². The van der Waals surface area contributed by atoms with Crippen molar-refractivity contribution in [2.24, 2.45) is 0 Å². The molecule has 18 heavy (non-hydrogen) atoms. The number of amides is 1. The largest absolute Gasteiger partial charge is 0.352 e. The van der Waals surface area contributed by atoms with Crippen LogP contribution in [-0.4, -0.2) is 21.7 Å². The Hall–Kier alpha value is -1.32. The van der Waals surface area contributed by atoms with Crippen molar-refractivity contribution >= 4 is 5.91 Å². The standard InChI is InChI=1S/C14H23N3O/c1-11(2)15-14(18)10-17-9-12-7-5-3-4-6-8-13(12)16-17/h9,11H,3-8,10H2,1-2H3,(H,15,18). The molecule has 1 amide bonds. The summed E-state index contributed by atoms with van der Waals surface area (Å²) in [5.74, 6) is 0.0421. The van der Waals surface area contributed by atoms with Crippen LogP contribution in [0.25, 0.3) is 0 Å².